The van der Waals surface area contributed by atoms with Gasteiger partial charge in [-0.15, -0.1) is 0 Å². The fraction of sp³-hybridized carbons (Fsp3) is 0.136. The van der Waals surface area contributed by atoms with Gasteiger partial charge < -0.3 is 10.6 Å². The maximum absolute atomic E-state index is 13.4. The third kappa shape index (κ3) is 4.59. The standard InChI is InChI=1S/C22H20FN3O2/c1-24-21(27)18-6-2-3-7-20(18)26-22(28)19(13-15-5-4-12-25-14-15)16-8-10-17(23)11-9-16/h2-12,14,19H,13H2,1H3,(H,24,27)(H,26,28). The molecule has 1 aromatic heterocycles. The average molecular weight is 377 g/mol. The number of para-hydroxylation sites is 1. The van der Waals surface area contributed by atoms with Crippen LogP contribution in [0.3, 0.4) is 0 Å². The molecule has 0 bridgehead atoms. The number of amides is 2. The van der Waals surface area contributed by atoms with Gasteiger partial charge in [0.25, 0.3) is 5.91 Å². The summed E-state index contributed by atoms with van der Waals surface area (Å²) in [4.78, 5) is 29.3. The molecule has 2 aromatic carbocycles. The van der Waals surface area contributed by atoms with E-state index < -0.39 is 5.92 Å². The summed E-state index contributed by atoms with van der Waals surface area (Å²) in [7, 11) is 1.53. The molecule has 0 radical (unpaired) electrons. The number of carbonyl (C=O) groups is 2. The Morgan fingerprint density at radius 3 is 2.46 bits per heavy atom. The first kappa shape index (κ1) is 19.2. The van der Waals surface area contributed by atoms with Crippen molar-refractivity contribution in [3.8, 4) is 0 Å². The molecule has 0 fully saturated rings. The Kier molecular flexibility index (Phi) is 6.11. The summed E-state index contributed by atoms with van der Waals surface area (Å²) < 4.78 is 13.4. The normalized spacial score (nSPS) is 11.5. The first-order valence-electron chi connectivity index (χ1n) is 8.85. The zero-order valence-electron chi connectivity index (χ0n) is 15.4. The first-order valence-corrected chi connectivity index (χ1v) is 8.85. The highest BCUT2D eigenvalue weighted by molar-refractivity contribution is 6.05. The topological polar surface area (TPSA) is 71.1 Å². The maximum atomic E-state index is 13.4. The molecule has 1 atom stereocenters. The minimum atomic E-state index is -0.567. The molecule has 0 spiro atoms. The average Bonchev–Trinajstić information content (AvgIpc) is 2.73. The van der Waals surface area contributed by atoms with Crippen molar-refractivity contribution in [2.75, 3.05) is 12.4 Å². The van der Waals surface area contributed by atoms with Gasteiger partial charge in [0.15, 0.2) is 0 Å². The lowest BCUT2D eigenvalue weighted by Gasteiger charge is -2.18. The number of pyridine rings is 1. The van der Waals surface area contributed by atoms with Crippen LogP contribution >= 0.6 is 0 Å². The molecule has 0 saturated carbocycles. The molecule has 0 aliphatic carbocycles. The Bertz CT molecular complexity index is 959. The Hall–Kier alpha value is -3.54. The van der Waals surface area contributed by atoms with Gasteiger partial charge in [-0.3, -0.25) is 14.6 Å². The molecule has 0 aliphatic rings. The number of aromatic nitrogens is 1. The van der Waals surface area contributed by atoms with Gasteiger partial charge in [-0.25, -0.2) is 4.39 Å². The van der Waals surface area contributed by atoms with Gasteiger partial charge in [-0.1, -0.05) is 30.3 Å². The van der Waals surface area contributed by atoms with Crippen molar-refractivity contribution in [1.29, 1.82) is 0 Å². The molecule has 6 heteroatoms. The number of halogens is 1. The fourth-order valence-electron chi connectivity index (χ4n) is 2.96. The zero-order chi connectivity index (χ0) is 19.9. The molecule has 2 amide bonds. The number of nitrogens with one attached hydrogen (secondary N) is 2. The van der Waals surface area contributed by atoms with Crippen LogP contribution in [-0.4, -0.2) is 23.8 Å². The van der Waals surface area contributed by atoms with E-state index in [-0.39, 0.29) is 17.6 Å². The number of hydrogen-bond donors (Lipinski definition) is 2. The Morgan fingerprint density at radius 2 is 1.79 bits per heavy atom. The quantitative estimate of drug-likeness (QED) is 0.690. The van der Waals surface area contributed by atoms with Crippen LogP contribution < -0.4 is 10.6 Å². The molecule has 1 unspecified atom stereocenters. The lowest BCUT2D eigenvalue weighted by molar-refractivity contribution is -0.117. The SMILES string of the molecule is CNC(=O)c1ccccc1NC(=O)C(Cc1cccnc1)c1ccc(F)cc1. The first-order chi connectivity index (χ1) is 13.6. The highest BCUT2D eigenvalue weighted by atomic mass is 19.1. The summed E-state index contributed by atoms with van der Waals surface area (Å²) in [5, 5.41) is 5.41. The molecule has 3 aromatic rings. The fourth-order valence-corrected chi connectivity index (χ4v) is 2.96. The van der Waals surface area contributed by atoms with Gasteiger partial charge in [0.2, 0.25) is 5.91 Å². The number of nitrogens with zero attached hydrogens (tertiary/aromatic N) is 1. The molecule has 0 aliphatic heterocycles. The maximum Gasteiger partial charge on any atom is 0.253 e. The number of rotatable bonds is 6. The van der Waals surface area contributed by atoms with Crippen LogP contribution in [0.1, 0.15) is 27.4 Å². The summed E-state index contributed by atoms with van der Waals surface area (Å²) in [6.45, 7) is 0. The predicted octanol–water partition coefficient (Wildman–Crippen LogP) is 3.55. The van der Waals surface area contributed by atoms with E-state index in [1.165, 1.54) is 19.2 Å². The summed E-state index contributed by atoms with van der Waals surface area (Å²) >= 11 is 0. The zero-order valence-corrected chi connectivity index (χ0v) is 15.4. The summed E-state index contributed by atoms with van der Waals surface area (Å²) in [5.74, 6) is -1.51. The minimum Gasteiger partial charge on any atom is -0.355 e. The Morgan fingerprint density at radius 1 is 1.04 bits per heavy atom. The van der Waals surface area contributed by atoms with E-state index in [1.807, 2.05) is 6.07 Å². The van der Waals surface area contributed by atoms with Crippen molar-refractivity contribution < 1.29 is 14.0 Å². The van der Waals surface area contributed by atoms with Gasteiger partial charge >= 0.3 is 0 Å². The van der Waals surface area contributed by atoms with E-state index in [4.69, 9.17) is 0 Å². The van der Waals surface area contributed by atoms with Crippen molar-refractivity contribution >= 4 is 17.5 Å². The minimum absolute atomic E-state index is 0.285. The van der Waals surface area contributed by atoms with E-state index >= 15 is 0 Å². The van der Waals surface area contributed by atoms with E-state index in [9.17, 15) is 14.0 Å². The smallest absolute Gasteiger partial charge is 0.253 e. The summed E-state index contributed by atoms with van der Waals surface area (Å²) in [6.07, 6.45) is 3.76. The van der Waals surface area contributed by atoms with E-state index in [0.717, 1.165) is 5.56 Å². The molecular formula is C22H20FN3O2. The third-order valence-electron chi connectivity index (χ3n) is 4.41. The second-order valence-electron chi connectivity index (χ2n) is 6.28. The lowest BCUT2D eigenvalue weighted by Crippen LogP contribution is -2.26. The highest BCUT2D eigenvalue weighted by Gasteiger charge is 2.23. The van der Waals surface area contributed by atoms with Crippen molar-refractivity contribution in [2.24, 2.45) is 0 Å². The number of anilines is 1. The van der Waals surface area contributed by atoms with Gasteiger partial charge in [-0.05, 0) is 47.9 Å². The number of benzene rings is 2. The summed E-state index contributed by atoms with van der Waals surface area (Å²) in [6, 6.07) is 16.3. The molecule has 28 heavy (non-hydrogen) atoms. The van der Waals surface area contributed by atoms with Crippen LogP contribution in [0.2, 0.25) is 0 Å². The van der Waals surface area contributed by atoms with Crippen molar-refractivity contribution in [2.45, 2.75) is 12.3 Å². The predicted molar refractivity (Wildman–Crippen MR) is 106 cm³/mol. The van der Waals surface area contributed by atoms with Gasteiger partial charge in [0, 0.05) is 19.4 Å². The van der Waals surface area contributed by atoms with Crippen LogP contribution in [0.5, 0.6) is 0 Å². The van der Waals surface area contributed by atoms with Crippen LogP contribution in [-0.2, 0) is 11.2 Å². The van der Waals surface area contributed by atoms with Crippen LogP contribution in [0.25, 0.3) is 0 Å². The molecule has 142 valence electrons. The largest absolute Gasteiger partial charge is 0.355 e. The van der Waals surface area contributed by atoms with Crippen LogP contribution in [0.15, 0.2) is 73.1 Å². The molecule has 1 heterocycles. The van der Waals surface area contributed by atoms with Crippen molar-refractivity contribution in [3.63, 3.8) is 0 Å². The molecule has 5 nitrogen and oxygen atoms in total. The lowest BCUT2D eigenvalue weighted by atomic mass is 9.91. The van der Waals surface area contributed by atoms with Crippen molar-refractivity contribution in [3.05, 3.63) is 95.6 Å². The highest BCUT2D eigenvalue weighted by Crippen LogP contribution is 2.24. The van der Waals surface area contributed by atoms with Crippen LogP contribution in [0, 0.1) is 5.82 Å². The second kappa shape index (κ2) is 8.90. The van der Waals surface area contributed by atoms with Crippen LogP contribution in [0.4, 0.5) is 10.1 Å². The molecule has 0 saturated heterocycles. The molecule has 2 N–H and O–H groups in total. The summed E-state index contributed by atoms with van der Waals surface area (Å²) in [5.41, 5.74) is 2.36. The Labute approximate surface area is 162 Å². The second-order valence-corrected chi connectivity index (χ2v) is 6.28. The van der Waals surface area contributed by atoms with Gasteiger partial charge in [-0.2, -0.15) is 0 Å². The van der Waals surface area contributed by atoms with E-state index in [1.54, 1.807) is 54.9 Å². The number of hydrogen-bond acceptors (Lipinski definition) is 3. The molecule has 3 rings (SSSR count). The van der Waals surface area contributed by atoms with Gasteiger partial charge in [0.1, 0.15) is 5.82 Å². The van der Waals surface area contributed by atoms with Crippen molar-refractivity contribution in [1.82, 2.24) is 10.3 Å². The third-order valence-corrected chi connectivity index (χ3v) is 4.41. The molecular weight excluding hydrogens is 357 g/mol. The van der Waals surface area contributed by atoms with E-state index in [2.05, 4.69) is 15.6 Å². The number of carbonyl (C=O) groups excluding carboxylic acids is 2. The Balaban J connectivity index is 1.91. The van der Waals surface area contributed by atoms with E-state index in [0.29, 0.717) is 23.2 Å². The monoisotopic (exact) mass is 377 g/mol. The van der Waals surface area contributed by atoms with Gasteiger partial charge in [0.05, 0.1) is 17.2 Å².